The summed E-state index contributed by atoms with van der Waals surface area (Å²) in [5, 5.41) is 0.986. The second-order valence-electron chi connectivity index (χ2n) is 5.08. The summed E-state index contributed by atoms with van der Waals surface area (Å²) in [5.74, 6) is 0.965. The number of nitrogen functional groups attached to an aromatic ring is 2. The van der Waals surface area contributed by atoms with Crippen LogP contribution in [-0.2, 0) is 0 Å². The lowest BCUT2D eigenvalue weighted by Gasteiger charge is -2.08. The van der Waals surface area contributed by atoms with E-state index >= 15 is 0 Å². The number of benzene rings is 1. The fourth-order valence-electron chi connectivity index (χ4n) is 2.44. The van der Waals surface area contributed by atoms with Crippen LogP contribution < -0.4 is 11.5 Å². The summed E-state index contributed by atoms with van der Waals surface area (Å²) in [6.07, 6.45) is 3.37. The smallest absolute Gasteiger partial charge is 0.167 e. The fourth-order valence-corrected chi connectivity index (χ4v) is 2.44. The Balaban J connectivity index is 1.98. The Bertz CT molecular complexity index is 961. The summed E-state index contributed by atoms with van der Waals surface area (Å²) in [6, 6.07) is 13.3. The minimum absolute atomic E-state index is 0.179. The lowest BCUT2D eigenvalue weighted by molar-refractivity contribution is 0.629. The molecule has 1 aromatic carbocycles. The van der Waals surface area contributed by atoms with Gasteiger partial charge in [-0.05, 0) is 24.3 Å². The van der Waals surface area contributed by atoms with Gasteiger partial charge in [0.25, 0.3) is 0 Å². The quantitative estimate of drug-likeness (QED) is 0.589. The van der Waals surface area contributed by atoms with Gasteiger partial charge in [0, 0.05) is 23.3 Å². The molecule has 3 heterocycles. The van der Waals surface area contributed by atoms with Gasteiger partial charge in [0.1, 0.15) is 17.0 Å². The number of nitrogens with two attached hydrogens (primary N) is 2. The molecular weight excluding hydrogens is 290 g/mol. The summed E-state index contributed by atoms with van der Waals surface area (Å²) in [5.41, 5.74) is 14.5. The van der Waals surface area contributed by atoms with Crippen molar-refractivity contribution in [3.63, 3.8) is 0 Å². The second-order valence-corrected chi connectivity index (χ2v) is 5.08. The Morgan fingerprint density at radius 3 is 2.26 bits per heavy atom. The summed E-state index contributed by atoms with van der Waals surface area (Å²) >= 11 is 0. The first-order valence-corrected chi connectivity index (χ1v) is 7.05. The standard InChI is InChI=1S/C17H13N5O/c18-16-17(19)22-15(14(21-16)10-5-7-20-8-6-10)13-9-11-3-1-2-4-12(11)23-13/h1-9H,(H2,18,21)(H2,19,22). The van der Waals surface area contributed by atoms with Crippen LogP contribution in [0.25, 0.3) is 33.7 Å². The maximum atomic E-state index is 5.90. The lowest BCUT2D eigenvalue weighted by Crippen LogP contribution is -2.04. The molecule has 6 nitrogen and oxygen atoms in total. The Hall–Kier alpha value is -3.41. The van der Waals surface area contributed by atoms with E-state index in [0.29, 0.717) is 17.1 Å². The first kappa shape index (κ1) is 13.3. The zero-order valence-electron chi connectivity index (χ0n) is 12.1. The molecule has 4 aromatic rings. The van der Waals surface area contributed by atoms with Crippen LogP contribution in [0.15, 0.2) is 59.3 Å². The highest BCUT2D eigenvalue weighted by Crippen LogP contribution is 2.34. The van der Waals surface area contributed by atoms with Crippen molar-refractivity contribution in [1.29, 1.82) is 0 Å². The molecule has 3 aromatic heterocycles. The normalized spacial score (nSPS) is 11.0. The number of para-hydroxylation sites is 1. The van der Waals surface area contributed by atoms with E-state index in [1.165, 1.54) is 0 Å². The minimum Gasteiger partial charge on any atom is -0.454 e. The Morgan fingerprint density at radius 1 is 0.826 bits per heavy atom. The molecule has 112 valence electrons. The maximum absolute atomic E-state index is 5.90. The molecule has 0 unspecified atom stereocenters. The highest BCUT2D eigenvalue weighted by atomic mass is 16.3. The van der Waals surface area contributed by atoms with Crippen molar-refractivity contribution >= 4 is 22.6 Å². The van der Waals surface area contributed by atoms with Gasteiger partial charge in [-0.2, -0.15) is 0 Å². The van der Waals surface area contributed by atoms with Gasteiger partial charge in [0.15, 0.2) is 17.4 Å². The molecule has 0 amide bonds. The van der Waals surface area contributed by atoms with Gasteiger partial charge in [-0.15, -0.1) is 0 Å². The molecule has 23 heavy (non-hydrogen) atoms. The van der Waals surface area contributed by atoms with Crippen LogP contribution in [-0.4, -0.2) is 15.0 Å². The van der Waals surface area contributed by atoms with E-state index in [9.17, 15) is 0 Å². The van der Waals surface area contributed by atoms with E-state index in [0.717, 1.165) is 16.5 Å². The van der Waals surface area contributed by atoms with E-state index in [1.54, 1.807) is 12.4 Å². The number of hydrogen-bond acceptors (Lipinski definition) is 6. The van der Waals surface area contributed by atoms with Crippen molar-refractivity contribution in [1.82, 2.24) is 15.0 Å². The molecule has 0 saturated heterocycles. The molecule has 0 aliphatic rings. The number of rotatable bonds is 2. The second kappa shape index (κ2) is 5.10. The molecule has 0 radical (unpaired) electrons. The van der Waals surface area contributed by atoms with Crippen LogP contribution in [0.5, 0.6) is 0 Å². The highest BCUT2D eigenvalue weighted by molar-refractivity contribution is 5.86. The number of pyridine rings is 1. The zero-order chi connectivity index (χ0) is 15.8. The largest absolute Gasteiger partial charge is 0.454 e. The third-order valence-electron chi connectivity index (χ3n) is 3.56. The van der Waals surface area contributed by atoms with E-state index in [1.807, 2.05) is 42.5 Å². The maximum Gasteiger partial charge on any atom is 0.167 e. The molecule has 0 atom stereocenters. The van der Waals surface area contributed by atoms with E-state index in [4.69, 9.17) is 15.9 Å². The number of nitrogens with zero attached hydrogens (tertiary/aromatic N) is 3. The number of anilines is 2. The van der Waals surface area contributed by atoms with Crippen LogP contribution in [0, 0.1) is 0 Å². The van der Waals surface area contributed by atoms with Crippen LogP contribution >= 0.6 is 0 Å². The van der Waals surface area contributed by atoms with Crippen molar-refractivity contribution in [3.05, 3.63) is 54.9 Å². The van der Waals surface area contributed by atoms with Gasteiger partial charge in [-0.3, -0.25) is 4.98 Å². The Morgan fingerprint density at radius 2 is 1.52 bits per heavy atom. The summed E-state index contributed by atoms with van der Waals surface area (Å²) in [7, 11) is 0. The minimum atomic E-state index is 0.179. The third kappa shape index (κ3) is 2.26. The molecule has 6 heteroatoms. The molecule has 0 bridgehead atoms. The Kier molecular flexibility index (Phi) is 2.94. The molecule has 0 saturated carbocycles. The van der Waals surface area contributed by atoms with Crippen molar-refractivity contribution < 1.29 is 4.42 Å². The molecule has 0 aliphatic carbocycles. The van der Waals surface area contributed by atoms with Gasteiger partial charge in [0.2, 0.25) is 0 Å². The highest BCUT2D eigenvalue weighted by Gasteiger charge is 2.17. The van der Waals surface area contributed by atoms with Crippen LogP contribution in [0.4, 0.5) is 11.6 Å². The topological polar surface area (TPSA) is 104 Å². The van der Waals surface area contributed by atoms with Crippen LogP contribution in [0.1, 0.15) is 0 Å². The summed E-state index contributed by atoms with van der Waals surface area (Å²) in [6.45, 7) is 0. The van der Waals surface area contributed by atoms with Gasteiger partial charge in [-0.1, -0.05) is 18.2 Å². The van der Waals surface area contributed by atoms with E-state index in [-0.39, 0.29) is 11.6 Å². The fraction of sp³-hybridized carbons (Fsp3) is 0. The van der Waals surface area contributed by atoms with Crippen LogP contribution in [0.3, 0.4) is 0 Å². The molecule has 4 rings (SSSR count). The summed E-state index contributed by atoms with van der Waals surface area (Å²) in [4.78, 5) is 12.8. The number of fused-ring (bicyclic) bond motifs is 1. The zero-order valence-corrected chi connectivity index (χ0v) is 12.1. The molecule has 0 aliphatic heterocycles. The van der Waals surface area contributed by atoms with Crippen molar-refractivity contribution in [2.45, 2.75) is 0 Å². The molecule has 0 fully saturated rings. The van der Waals surface area contributed by atoms with Gasteiger partial charge in [0.05, 0.1) is 0 Å². The van der Waals surface area contributed by atoms with Crippen molar-refractivity contribution in [3.8, 4) is 22.7 Å². The number of hydrogen-bond donors (Lipinski definition) is 2. The van der Waals surface area contributed by atoms with E-state index in [2.05, 4.69) is 15.0 Å². The van der Waals surface area contributed by atoms with Crippen molar-refractivity contribution in [2.75, 3.05) is 11.5 Å². The summed E-state index contributed by atoms with van der Waals surface area (Å²) < 4.78 is 5.90. The van der Waals surface area contributed by atoms with Gasteiger partial charge in [-0.25, -0.2) is 9.97 Å². The lowest BCUT2D eigenvalue weighted by atomic mass is 10.1. The molecule has 0 spiro atoms. The number of aromatic nitrogens is 3. The first-order chi connectivity index (χ1) is 11.2. The molecular formula is C17H13N5O. The SMILES string of the molecule is Nc1nc(-c2ccncc2)c(-c2cc3ccccc3o2)nc1N. The average Bonchev–Trinajstić information content (AvgIpc) is 3.01. The Labute approximate surface area is 131 Å². The van der Waals surface area contributed by atoms with Crippen molar-refractivity contribution in [2.24, 2.45) is 0 Å². The predicted molar refractivity (Wildman–Crippen MR) is 89.3 cm³/mol. The van der Waals surface area contributed by atoms with Crippen LogP contribution in [0.2, 0.25) is 0 Å². The first-order valence-electron chi connectivity index (χ1n) is 7.05. The monoisotopic (exact) mass is 303 g/mol. The predicted octanol–water partition coefficient (Wildman–Crippen LogP) is 3.12. The van der Waals surface area contributed by atoms with Gasteiger partial charge >= 0.3 is 0 Å². The third-order valence-corrected chi connectivity index (χ3v) is 3.56. The van der Waals surface area contributed by atoms with E-state index < -0.39 is 0 Å². The molecule has 4 N–H and O–H groups in total. The number of furan rings is 1. The van der Waals surface area contributed by atoms with Gasteiger partial charge < -0.3 is 15.9 Å². The average molecular weight is 303 g/mol.